The number of carboxylic acids is 1. The Morgan fingerprint density at radius 3 is 2.00 bits per heavy atom. The molecule has 1 amide bonds. The van der Waals surface area contributed by atoms with Gasteiger partial charge in [0, 0.05) is 19.4 Å². The Morgan fingerprint density at radius 2 is 1.34 bits per heavy atom. The van der Waals surface area contributed by atoms with Crippen molar-refractivity contribution in [3.8, 4) is 0 Å². The zero-order chi connectivity index (χ0) is 23.3. The molecule has 0 atom stereocenters. The fourth-order valence-electron chi connectivity index (χ4n) is 2.37. The second-order valence-electron chi connectivity index (χ2n) is 6.65. The smallest absolute Gasteiger partial charge is 0.407 e. The molecule has 2 N–H and O–H groups in total. The van der Waals surface area contributed by atoms with Gasteiger partial charge in [-0.1, -0.05) is 30.3 Å². The molecule has 0 aromatic heterocycles. The summed E-state index contributed by atoms with van der Waals surface area (Å²) in [6.07, 6.45) is 0.730. The van der Waals surface area contributed by atoms with Crippen molar-refractivity contribution in [3.05, 3.63) is 35.9 Å². The number of hydrogen-bond acceptors (Lipinski definition) is 8. The predicted octanol–water partition coefficient (Wildman–Crippen LogP) is 2.15. The lowest BCUT2D eigenvalue weighted by atomic mass is 10.2. The average molecular weight is 456 g/mol. The van der Waals surface area contributed by atoms with Gasteiger partial charge in [0.15, 0.2) is 0 Å². The van der Waals surface area contributed by atoms with Crippen molar-refractivity contribution in [2.24, 2.45) is 0 Å². The first-order valence-electron chi connectivity index (χ1n) is 10.6. The fraction of sp³-hybridized carbons (Fsp3) is 0.591. The van der Waals surface area contributed by atoms with Gasteiger partial charge in [-0.2, -0.15) is 0 Å². The molecule has 0 unspecified atom stereocenters. The van der Waals surface area contributed by atoms with Crippen molar-refractivity contribution in [2.75, 3.05) is 52.8 Å². The molecule has 32 heavy (non-hydrogen) atoms. The lowest BCUT2D eigenvalue weighted by Crippen LogP contribution is -2.28. The van der Waals surface area contributed by atoms with Crippen LogP contribution in [0.15, 0.2) is 30.3 Å². The minimum atomic E-state index is -0.866. The molecule has 180 valence electrons. The second-order valence-corrected chi connectivity index (χ2v) is 6.65. The Balaban J connectivity index is 1.78. The zero-order valence-electron chi connectivity index (χ0n) is 18.3. The van der Waals surface area contributed by atoms with Crippen LogP contribution in [0, 0.1) is 0 Å². The normalized spacial score (nSPS) is 10.5. The van der Waals surface area contributed by atoms with Crippen LogP contribution >= 0.6 is 0 Å². The van der Waals surface area contributed by atoms with Crippen molar-refractivity contribution in [2.45, 2.75) is 32.3 Å². The summed E-state index contributed by atoms with van der Waals surface area (Å²) < 4.78 is 26.0. The Bertz CT molecular complexity index is 640. The SMILES string of the molecule is O=C(O)CCCCC(=O)OCCOCCOCCOCCNC(=O)OCc1ccccc1. The van der Waals surface area contributed by atoms with Crippen LogP contribution < -0.4 is 5.32 Å². The number of benzene rings is 1. The topological polar surface area (TPSA) is 130 Å². The van der Waals surface area contributed by atoms with Gasteiger partial charge in [0.1, 0.15) is 13.2 Å². The number of unbranched alkanes of at least 4 members (excludes halogenated alkanes) is 1. The molecule has 0 heterocycles. The number of nitrogens with one attached hydrogen (secondary N) is 1. The third-order valence-corrected chi connectivity index (χ3v) is 3.98. The van der Waals surface area contributed by atoms with E-state index in [-0.39, 0.29) is 38.6 Å². The van der Waals surface area contributed by atoms with Gasteiger partial charge in [0.2, 0.25) is 0 Å². The summed E-state index contributed by atoms with van der Waals surface area (Å²) in [5, 5.41) is 11.1. The first kappa shape index (κ1) is 27.3. The molecule has 0 saturated heterocycles. The number of alkyl carbamates (subject to hydrolysis) is 1. The van der Waals surface area contributed by atoms with Crippen molar-refractivity contribution < 1.29 is 43.2 Å². The maximum atomic E-state index is 11.5. The Labute approximate surface area is 188 Å². The second kappa shape index (κ2) is 19.0. The van der Waals surface area contributed by atoms with Crippen LogP contribution in [0.5, 0.6) is 0 Å². The maximum absolute atomic E-state index is 11.5. The van der Waals surface area contributed by atoms with Gasteiger partial charge in [0.05, 0.1) is 39.6 Å². The molecule has 1 aromatic carbocycles. The highest BCUT2D eigenvalue weighted by atomic mass is 16.6. The highest BCUT2D eigenvalue weighted by Crippen LogP contribution is 2.01. The van der Waals surface area contributed by atoms with Crippen molar-refractivity contribution in [3.63, 3.8) is 0 Å². The zero-order valence-corrected chi connectivity index (χ0v) is 18.3. The van der Waals surface area contributed by atoms with Gasteiger partial charge in [-0.25, -0.2) is 4.79 Å². The Morgan fingerprint density at radius 1 is 0.750 bits per heavy atom. The first-order chi connectivity index (χ1) is 15.6. The van der Waals surface area contributed by atoms with Crippen molar-refractivity contribution in [1.82, 2.24) is 5.32 Å². The number of amides is 1. The molecule has 1 aromatic rings. The molecule has 0 fully saturated rings. The van der Waals surface area contributed by atoms with Crippen LogP contribution in [0.25, 0.3) is 0 Å². The quantitative estimate of drug-likeness (QED) is 0.238. The van der Waals surface area contributed by atoms with Gasteiger partial charge in [-0.05, 0) is 18.4 Å². The molecule has 0 radical (unpaired) electrons. The van der Waals surface area contributed by atoms with E-state index in [1.54, 1.807) is 0 Å². The number of hydrogen-bond donors (Lipinski definition) is 2. The largest absolute Gasteiger partial charge is 0.481 e. The summed E-state index contributed by atoms with van der Waals surface area (Å²) in [4.78, 5) is 33.3. The van der Waals surface area contributed by atoms with Gasteiger partial charge in [-0.15, -0.1) is 0 Å². The van der Waals surface area contributed by atoms with Crippen LogP contribution in [0.4, 0.5) is 4.79 Å². The highest BCUT2D eigenvalue weighted by Gasteiger charge is 2.04. The molecule has 0 spiro atoms. The van der Waals surface area contributed by atoms with Crippen LogP contribution in [-0.4, -0.2) is 75.9 Å². The third-order valence-electron chi connectivity index (χ3n) is 3.98. The number of carboxylic acid groups (broad SMARTS) is 1. The van der Waals surface area contributed by atoms with Crippen LogP contribution in [0.1, 0.15) is 31.2 Å². The Kier molecular flexibility index (Phi) is 16.3. The summed E-state index contributed by atoms with van der Waals surface area (Å²) >= 11 is 0. The van der Waals surface area contributed by atoms with E-state index in [0.29, 0.717) is 52.4 Å². The van der Waals surface area contributed by atoms with Crippen LogP contribution in [0.2, 0.25) is 0 Å². The number of aliphatic carboxylic acids is 1. The van der Waals surface area contributed by atoms with Gasteiger partial charge in [0.25, 0.3) is 0 Å². The number of rotatable bonds is 19. The average Bonchev–Trinajstić information content (AvgIpc) is 2.79. The van der Waals surface area contributed by atoms with Gasteiger partial charge in [-0.3, -0.25) is 9.59 Å². The maximum Gasteiger partial charge on any atom is 0.407 e. The fourth-order valence-corrected chi connectivity index (χ4v) is 2.37. The molecule has 1 rings (SSSR count). The lowest BCUT2D eigenvalue weighted by molar-refractivity contribution is -0.146. The van der Waals surface area contributed by atoms with E-state index in [4.69, 9.17) is 28.8 Å². The number of ether oxygens (including phenoxy) is 5. The molecule has 0 aliphatic carbocycles. The van der Waals surface area contributed by atoms with Crippen molar-refractivity contribution >= 4 is 18.0 Å². The molecular formula is C22H33NO9. The summed E-state index contributed by atoms with van der Waals surface area (Å²) in [7, 11) is 0. The third kappa shape index (κ3) is 17.0. The summed E-state index contributed by atoms with van der Waals surface area (Å²) in [5.41, 5.74) is 0.922. The van der Waals surface area contributed by atoms with Gasteiger partial charge >= 0.3 is 18.0 Å². The van der Waals surface area contributed by atoms with E-state index >= 15 is 0 Å². The summed E-state index contributed by atoms with van der Waals surface area (Å²) in [5.74, 6) is -1.22. The van der Waals surface area contributed by atoms with Crippen LogP contribution in [0.3, 0.4) is 0 Å². The molecule has 0 saturated carbocycles. The lowest BCUT2D eigenvalue weighted by Gasteiger charge is -2.09. The van der Waals surface area contributed by atoms with E-state index in [1.807, 2.05) is 30.3 Å². The molecule has 0 aliphatic heterocycles. The highest BCUT2D eigenvalue weighted by molar-refractivity contribution is 5.69. The minimum Gasteiger partial charge on any atom is -0.481 e. The number of carbonyl (C=O) groups is 3. The summed E-state index contributed by atoms with van der Waals surface area (Å²) in [6.45, 7) is 2.88. The van der Waals surface area contributed by atoms with E-state index < -0.39 is 12.1 Å². The molecule has 0 aliphatic rings. The monoisotopic (exact) mass is 455 g/mol. The Hall–Kier alpha value is -2.69. The van der Waals surface area contributed by atoms with E-state index in [1.165, 1.54) is 0 Å². The van der Waals surface area contributed by atoms with E-state index in [0.717, 1.165) is 5.56 Å². The predicted molar refractivity (Wildman–Crippen MR) is 114 cm³/mol. The molecule has 0 bridgehead atoms. The summed E-state index contributed by atoms with van der Waals surface area (Å²) in [6, 6.07) is 9.42. The molecule has 10 heteroatoms. The standard InChI is InChI=1S/C22H33NO9/c24-20(25)8-4-5-9-21(26)31-17-16-30-15-14-29-13-12-28-11-10-23-22(27)32-18-19-6-2-1-3-7-19/h1-3,6-7H,4-5,8-18H2,(H,23,27)(H,24,25). The van der Waals surface area contributed by atoms with E-state index in [2.05, 4.69) is 5.32 Å². The van der Waals surface area contributed by atoms with E-state index in [9.17, 15) is 14.4 Å². The minimum absolute atomic E-state index is 0.0577. The number of carbonyl (C=O) groups excluding carboxylic acids is 2. The van der Waals surface area contributed by atoms with Crippen molar-refractivity contribution in [1.29, 1.82) is 0 Å². The number of esters is 1. The van der Waals surface area contributed by atoms with Crippen LogP contribution in [-0.2, 0) is 39.9 Å². The molecular weight excluding hydrogens is 422 g/mol. The first-order valence-corrected chi connectivity index (χ1v) is 10.6. The molecule has 10 nitrogen and oxygen atoms in total. The van der Waals surface area contributed by atoms with Gasteiger partial charge < -0.3 is 34.1 Å².